The van der Waals surface area contributed by atoms with Gasteiger partial charge in [-0.05, 0) is 54.8 Å². The van der Waals surface area contributed by atoms with E-state index in [1.54, 1.807) is 40.5 Å². The molecule has 1 amide bonds. The molecule has 1 aliphatic heterocycles. The Balaban J connectivity index is 1.57. The van der Waals surface area contributed by atoms with Crippen molar-refractivity contribution in [3.05, 3.63) is 59.2 Å². The number of aryl methyl sites for hydroxylation is 1. The van der Waals surface area contributed by atoms with E-state index < -0.39 is 5.97 Å². The second kappa shape index (κ2) is 10.9. The molecule has 1 saturated heterocycles. The van der Waals surface area contributed by atoms with Crippen LogP contribution >= 0.6 is 11.3 Å². The second-order valence-corrected chi connectivity index (χ2v) is 8.99. The van der Waals surface area contributed by atoms with Crippen LogP contribution in [-0.2, 0) is 15.9 Å². The minimum Gasteiger partial charge on any atom is -0.465 e. The molecule has 0 aliphatic carbocycles. The van der Waals surface area contributed by atoms with Gasteiger partial charge in [0.2, 0.25) is 0 Å². The van der Waals surface area contributed by atoms with Gasteiger partial charge in [0, 0.05) is 31.7 Å². The molecule has 7 nitrogen and oxygen atoms in total. The number of hydrogen-bond acceptors (Lipinski definition) is 7. The Hall–Kier alpha value is -2.81. The molecule has 33 heavy (non-hydrogen) atoms. The predicted octanol–water partition coefficient (Wildman–Crippen LogP) is 4.01. The van der Waals surface area contributed by atoms with Crippen molar-refractivity contribution in [3.63, 3.8) is 0 Å². The summed E-state index contributed by atoms with van der Waals surface area (Å²) in [5, 5.41) is 0.697. The first kappa shape index (κ1) is 23.4. The fourth-order valence-corrected chi connectivity index (χ4v) is 4.93. The largest absolute Gasteiger partial charge is 0.465 e. The van der Waals surface area contributed by atoms with Crippen molar-refractivity contribution in [1.29, 1.82) is 0 Å². The summed E-state index contributed by atoms with van der Waals surface area (Å²) in [7, 11) is 1.34. The average Bonchev–Trinajstić information content (AvgIpc) is 3.29. The van der Waals surface area contributed by atoms with Crippen molar-refractivity contribution in [3.8, 4) is 0 Å². The van der Waals surface area contributed by atoms with Crippen LogP contribution in [0.4, 0.5) is 5.13 Å². The number of hydrogen-bond donors (Lipinski definition) is 0. The van der Waals surface area contributed by atoms with E-state index >= 15 is 0 Å². The van der Waals surface area contributed by atoms with E-state index in [0.29, 0.717) is 22.8 Å². The molecule has 0 bridgehead atoms. The number of benzene rings is 2. The lowest BCUT2D eigenvalue weighted by Gasteiger charge is -2.27. The van der Waals surface area contributed by atoms with Crippen LogP contribution in [0.5, 0.6) is 0 Å². The molecule has 2 aromatic carbocycles. The lowest BCUT2D eigenvalue weighted by atomic mass is 10.1. The third-order valence-corrected chi connectivity index (χ3v) is 6.88. The highest BCUT2D eigenvalue weighted by molar-refractivity contribution is 7.22. The molecule has 0 radical (unpaired) electrons. The number of fused-ring (bicyclic) bond motifs is 1. The fourth-order valence-electron chi connectivity index (χ4n) is 3.88. The molecule has 2 heterocycles. The highest BCUT2D eigenvalue weighted by Gasteiger charge is 2.22. The van der Waals surface area contributed by atoms with E-state index in [9.17, 15) is 9.59 Å². The van der Waals surface area contributed by atoms with Gasteiger partial charge in [-0.3, -0.25) is 14.6 Å². The van der Waals surface area contributed by atoms with Gasteiger partial charge in [-0.2, -0.15) is 0 Å². The highest BCUT2D eigenvalue weighted by Crippen LogP contribution is 2.31. The summed E-state index contributed by atoms with van der Waals surface area (Å²) in [6.07, 6.45) is 1.79. The van der Waals surface area contributed by atoms with E-state index in [4.69, 9.17) is 14.5 Å². The molecule has 8 heteroatoms. The number of carbonyl (C=O) groups is 2. The third-order valence-electron chi connectivity index (χ3n) is 5.84. The van der Waals surface area contributed by atoms with Crippen LogP contribution in [0.3, 0.4) is 0 Å². The van der Waals surface area contributed by atoms with Gasteiger partial charge in [0.1, 0.15) is 0 Å². The number of thiazole rings is 1. The van der Waals surface area contributed by atoms with Gasteiger partial charge < -0.3 is 9.47 Å². The number of rotatable bonds is 8. The number of aromatic nitrogens is 1. The van der Waals surface area contributed by atoms with Crippen LogP contribution < -0.4 is 4.90 Å². The number of ether oxygens (including phenoxy) is 2. The van der Waals surface area contributed by atoms with Crippen molar-refractivity contribution < 1.29 is 19.1 Å². The van der Waals surface area contributed by atoms with Crippen molar-refractivity contribution in [2.24, 2.45) is 0 Å². The molecule has 4 rings (SSSR count). The second-order valence-electron chi connectivity index (χ2n) is 7.99. The van der Waals surface area contributed by atoms with E-state index in [1.165, 1.54) is 12.7 Å². The normalized spacial score (nSPS) is 14.4. The van der Waals surface area contributed by atoms with Crippen LogP contribution in [0.2, 0.25) is 0 Å². The van der Waals surface area contributed by atoms with Crippen LogP contribution in [0.15, 0.2) is 42.5 Å². The zero-order valence-electron chi connectivity index (χ0n) is 19.1. The minimum absolute atomic E-state index is 0.122. The molecule has 1 aromatic heterocycles. The lowest BCUT2D eigenvalue weighted by Crippen LogP contribution is -2.39. The molecule has 1 aliphatic rings. The molecular weight excluding hydrogens is 438 g/mol. The maximum Gasteiger partial charge on any atom is 0.337 e. The number of morpholine rings is 1. The van der Waals surface area contributed by atoms with Gasteiger partial charge >= 0.3 is 5.97 Å². The van der Waals surface area contributed by atoms with Gasteiger partial charge in [0.05, 0.1) is 36.1 Å². The van der Waals surface area contributed by atoms with Crippen LogP contribution in [-0.4, -0.2) is 68.3 Å². The molecule has 174 valence electrons. The number of amides is 1. The average molecular weight is 468 g/mol. The third kappa shape index (κ3) is 5.58. The zero-order valence-corrected chi connectivity index (χ0v) is 19.9. The van der Waals surface area contributed by atoms with E-state index in [1.807, 2.05) is 6.07 Å². The first-order valence-corrected chi connectivity index (χ1v) is 12.1. The summed E-state index contributed by atoms with van der Waals surface area (Å²) in [4.78, 5) is 34.2. The van der Waals surface area contributed by atoms with Gasteiger partial charge in [-0.25, -0.2) is 9.78 Å². The summed E-state index contributed by atoms with van der Waals surface area (Å²) in [6.45, 7) is 6.95. The van der Waals surface area contributed by atoms with Crippen molar-refractivity contribution >= 4 is 38.6 Å². The first-order valence-electron chi connectivity index (χ1n) is 11.3. The lowest BCUT2D eigenvalue weighted by molar-refractivity contribution is 0.0376. The summed E-state index contributed by atoms with van der Waals surface area (Å²) in [5.41, 5.74) is 3.09. The fraction of sp³-hybridized carbons (Fsp3) is 0.400. The van der Waals surface area contributed by atoms with Gasteiger partial charge in [-0.15, -0.1) is 0 Å². The standard InChI is InChI=1S/C25H29N3O4S/c1-3-18-5-10-21-22(17-18)33-25(26-21)28(12-4-11-27-13-15-32-16-14-27)23(29)19-6-8-20(9-7-19)24(30)31-2/h5-10,17H,3-4,11-16H2,1-2H3. The van der Waals surface area contributed by atoms with Crippen molar-refractivity contribution in [2.75, 3.05) is 51.4 Å². The molecular formula is C25H29N3O4S. The molecule has 0 atom stereocenters. The van der Waals surface area contributed by atoms with E-state index in [-0.39, 0.29) is 5.91 Å². The summed E-state index contributed by atoms with van der Waals surface area (Å²) < 4.78 is 11.3. The van der Waals surface area contributed by atoms with E-state index in [2.05, 4.69) is 24.0 Å². The number of methoxy groups -OCH3 is 1. The number of anilines is 1. The first-order chi connectivity index (χ1) is 16.1. The number of esters is 1. The Kier molecular flexibility index (Phi) is 7.69. The topological polar surface area (TPSA) is 72.0 Å². The summed E-state index contributed by atoms with van der Waals surface area (Å²) in [5.74, 6) is -0.544. The van der Waals surface area contributed by atoms with Crippen molar-refractivity contribution in [1.82, 2.24) is 9.88 Å². The Labute approximate surface area is 197 Å². The van der Waals surface area contributed by atoms with Crippen LogP contribution in [0, 0.1) is 0 Å². The van der Waals surface area contributed by atoms with E-state index in [0.717, 1.165) is 55.9 Å². The van der Waals surface area contributed by atoms with Crippen LogP contribution in [0.1, 0.15) is 39.6 Å². The zero-order chi connectivity index (χ0) is 23.2. The SMILES string of the molecule is CCc1ccc2nc(N(CCCN3CCOCC3)C(=O)c3ccc(C(=O)OC)cc3)sc2c1. The highest BCUT2D eigenvalue weighted by atomic mass is 32.1. The summed E-state index contributed by atoms with van der Waals surface area (Å²) in [6, 6.07) is 12.8. The smallest absolute Gasteiger partial charge is 0.337 e. The monoisotopic (exact) mass is 467 g/mol. The molecule has 0 saturated carbocycles. The number of nitrogens with zero attached hydrogens (tertiary/aromatic N) is 3. The maximum atomic E-state index is 13.5. The molecule has 3 aromatic rings. The van der Waals surface area contributed by atoms with Crippen molar-refractivity contribution in [2.45, 2.75) is 19.8 Å². The van der Waals surface area contributed by atoms with Gasteiger partial charge in [-0.1, -0.05) is 24.3 Å². The molecule has 0 N–H and O–H groups in total. The number of carbonyl (C=O) groups excluding carboxylic acids is 2. The van der Waals surface area contributed by atoms with Gasteiger partial charge in [0.15, 0.2) is 5.13 Å². The van der Waals surface area contributed by atoms with Crippen LogP contribution in [0.25, 0.3) is 10.2 Å². The molecule has 1 fully saturated rings. The summed E-state index contributed by atoms with van der Waals surface area (Å²) >= 11 is 1.54. The minimum atomic E-state index is -0.422. The maximum absolute atomic E-state index is 13.5. The van der Waals surface area contributed by atoms with Gasteiger partial charge in [0.25, 0.3) is 5.91 Å². The Morgan fingerprint density at radius 3 is 2.55 bits per heavy atom. The molecule has 0 unspecified atom stereocenters. The Morgan fingerprint density at radius 2 is 1.85 bits per heavy atom. The Morgan fingerprint density at radius 1 is 1.12 bits per heavy atom. The molecule has 0 spiro atoms. The Bertz CT molecular complexity index is 1110. The predicted molar refractivity (Wildman–Crippen MR) is 130 cm³/mol. The quantitative estimate of drug-likeness (QED) is 0.466.